The van der Waals surface area contributed by atoms with Crippen LogP contribution in [0.4, 0.5) is 5.69 Å². The molecule has 0 aromatic carbocycles. The first-order valence-corrected chi connectivity index (χ1v) is 7.49. The molecule has 2 N–H and O–H groups in total. The van der Waals surface area contributed by atoms with E-state index in [1.165, 1.54) is 4.68 Å². The zero-order valence-corrected chi connectivity index (χ0v) is 13.4. The molecule has 0 aliphatic heterocycles. The predicted molar refractivity (Wildman–Crippen MR) is 82.1 cm³/mol. The van der Waals surface area contributed by atoms with Crippen LogP contribution in [0, 0.1) is 24.0 Å². The van der Waals surface area contributed by atoms with Crippen LogP contribution in [0.15, 0.2) is 0 Å². The average molecular weight is 326 g/mol. The Labute approximate surface area is 133 Å². The van der Waals surface area contributed by atoms with Gasteiger partial charge >= 0.3 is 11.7 Å². The van der Waals surface area contributed by atoms with Gasteiger partial charge in [0.25, 0.3) is 0 Å². The summed E-state index contributed by atoms with van der Waals surface area (Å²) in [6, 6.07) is 0. The second-order valence-corrected chi connectivity index (χ2v) is 5.30. The average Bonchev–Trinajstić information content (AvgIpc) is 2.74. The topological polar surface area (TPSA) is 127 Å². The Kier molecular flexibility index (Phi) is 7.17. The van der Waals surface area contributed by atoms with Crippen LogP contribution in [0.3, 0.4) is 0 Å². The SMILES string of the molecule is Cc1nn(CCC(=O)NCCCCCC(=O)O)c(C)c1[N+](=O)[O-]. The van der Waals surface area contributed by atoms with Gasteiger partial charge in [-0.25, -0.2) is 0 Å². The molecule has 0 radical (unpaired) electrons. The molecular weight excluding hydrogens is 304 g/mol. The van der Waals surface area contributed by atoms with Crippen LogP contribution in [0.1, 0.15) is 43.5 Å². The summed E-state index contributed by atoms with van der Waals surface area (Å²) < 4.78 is 1.47. The van der Waals surface area contributed by atoms with Gasteiger partial charge in [0.05, 0.1) is 11.5 Å². The number of amides is 1. The lowest BCUT2D eigenvalue weighted by Gasteiger charge is -2.06. The number of rotatable bonds is 10. The van der Waals surface area contributed by atoms with Crippen molar-refractivity contribution in [3.05, 3.63) is 21.5 Å². The fraction of sp³-hybridized carbons (Fsp3) is 0.643. The zero-order valence-electron chi connectivity index (χ0n) is 13.4. The van der Waals surface area contributed by atoms with Crippen molar-refractivity contribution in [3.63, 3.8) is 0 Å². The molecule has 128 valence electrons. The summed E-state index contributed by atoms with van der Waals surface area (Å²) in [6.07, 6.45) is 2.40. The van der Waals surface area contributed by atoms with E-state index in [-0.39, 0.29) is 31.0 Å². The Morgan fingerprint density at radius 2 is 1.96 bits per heavy atom. The van der Waals surface area contributed by atoms with Crippen molar-refractivity contribution in [1.29, 1.82) is 0 Å². The van der Waals surface area contributed by atoms with E-state index < -0.39 is 10.9 Å². The smallest absolute Gasteiger partial charge is 0.312 e. The van der Waals surface area contributed by atoms with Gasteiger partial charge in [0.15, 0.2) is 0 Å². The third kappa shape index (κ3) is 6.05. The maximum atomic E-state index is 11.7. The molecule has 0 unspecified atom stereocenters. The van der Waals surface area contributed by atoms with Crippen LogP contribution >= 0.6 is 0 Å². The van der Waals surface area contributed by atoms with E-state index in [2.05, 4.69) is 10.4 Å². The van der Waals surface area contributed by atoms with E-state index in [1.54, 1.807) is 13.8 Å². The van der Waals surface area contributed by atoms with Gasteiger partial charge in [-0.3, -0.25) is 24.4 Å². The Bertz CT molecular complexity index is 582. The van der Waals surface area contributed by atoms with Crippen molar-refractivity contribution in [2.24, 2.45) is 0 Å². The molecule has 1 rings (SSSR count). The Morgan fingerprint density at radius 1 is 1.26 bits per heavy atom. The standard InChI is InChI=1S/C14H22N4O5/c1-10-14(18(22)23)11(2)17(16-10)9-7-12(19)15-8-5-3-4-6-13(20)21/h3-9H2,1-2H3,(H,15,19)(H,20,21). The predicted octanol–water partition coefficient (Wildman–Crippen LogP) is 1.56. The van der Waals surface area contributed by atoms with Crippen molar-refractivity contribution in [2.45, 2.75) is 52.5 Å². The molecule has 0 aliphatic rings. The van der Waals surface area contributed by atoms with Crippen LogP contribution in [0.5, 0.6) is 0 Å². The van der Waals surface area contributed by atoms with Gasteiger partial charge in [-0.15, -0.1) is 0 Å². The van der Waals surface area contributed by atoms with E-state index in [4.69, 9.17) is 5.11 Å². The molecule has 1 heterocycles. The van der Waals surface area contributed by atoms with Crippen molar-refractivity contribution >= 4 is 17.6 Å². The molecule has 0 fully saturated rings. The molecule has 0 saturated heterocycles. The third-order valence-corrected chi connectivity index (χ3v) is 3.47. The van der Waals surface area contributed by atoms with E-state index in [1.807, 2.05) is 0 Å². The lowest BCUT2D eigenvalue weighted by atomic mass is 10.2. The van der Waals surface area contributed by atoms with Crippen molar-refractivity contribution in [3.8, 4) is 0 Å². The summed E-state index contributed by atoms with van der Waals surface area (Å²) in [6.45, 7) is 3.96. The first-order valence-electron chi connectivity index (χ1n) is 7.49. The van der Waals surface area contributed by atoms with E-state index in [0.717, 1.165) is 12.8 Å². The number of hydrogen-bond donors (Lipinski definition) is 2. The first kappa shape index (κ1) is 18.6. The fourth-order valence-electron chi connectivity index (χ4n) is 2.27. The third-order valence-electron chi connectivity index (χ3n) is 3.47. The monoisotopic (exact) mass is 326 g/mol. The summed E-state index contributed by atoms with van der Waals surface area (Å²) in [4.78, 5) is 32.5. The number of carboxylic acids is 1. The highest BCUT2D eigenvalue weighted by Crippen LogP contribution is 2.21. The number of carbonyl (C=O) groups is 2. The summed E-state index contributed by atoms with van der Waals surface area (Å²) in [5.41, 5.74) is 0.768. The molecule has 0 saturated carbocycles. The van der Waals surface area contributed by atoms with Crippen LogP contribution in [-0.4, -0.2) is 38.2 Å². The lowest BCUT2D eigenvalue weighted by Crippen LogP contribution is -2.25. The highest BCUT2D eigenvalue weighted by Gasteiger charge is 2.21. The van der Waals surface area contributed by atoms with Crippen molar-refractivity contribution in [2.75, 3.05) is 6.54 Å². The van der Waals surface area contributed by atoms with Gasteiger partial charge in [-0.1, -0.05) is 6.42 Å². The first-order chi connectivity index (χ1) is 10.8. The van der Waals surface area contributed by atoms with Gasteiger partial charge in [0, 0.05) is 19.4 Å². The van der Waals surface area contributed by atoms with Gasteiger partial charge in [0.2, 0.25) is 5.91 Å². The minimum Gasteiger partial charge on any atom is -0.481 e. The Hall–Kier alpha value is -2.45. The number of aliphatic carboxylic acids is 1. The molecule has 0 spiro atoms. The molecule has 0 aliphatic carbocycles. The quantitative estimate of drug-likeness (QED) is 0.381. The van der Waals surface area contributed by atoms with Crippen LogP contribution in [0.2, 0.25) is 0 Å². The molecular formula is C14H22N4O5. The van der Waals surface area contributed by atoms with E-state index in [9.17, 15) is 19.7 Å². The number of unbranched alkanes of at least 4 members (excludes halogenated alkanes) is 2. The normalized spacial score (nSPS) is 10.5. The minimum absolute atomic E-state index is 0.0103. The maximum Gasteiger partial charge on any atom is 0.312 e. The fourth-order valence-corrected chi connectivity index (χ4v) is 2.27. The number of aryl methyl sites for hydroxylation is 2. The number of nitro groups is 1. The number of carboxylic acid groups (broad SMARTS) is 1. The summed E-state index contributed by atoms with van der Waals surface area (Å²) in [5.74, 6) is -0.966. The largest absolute Gasteiger partial charge is 0.481 e. The van der Waals surface area contributed by atoms with E-state index >= 15 is 0 Å². The highest BCUT2D eigenvalue weighted by atomic mass is 16.6. The zero-order chi connectivity index (χ0) is 17.4. The molecule has 9 nitrogen and oxygen atoms in total. The number of aromatic nitrogens is 2. The molecule has 1 aromatic rings. The van der Waals surface area contributed by atoms with Crippen LogP contribution < -0.4 is 5.32 Å². The van der Waals surface area contributed by atoms with E-state index in [0.29, 0.717) is 24.4 Å². The number of nitrogens with zero attached hydrogens (tertiary/aromatic N) is 3. The molecule has 23 heavy (non-hydrogen) atoms. The molecule has 1 aromatic heterocycles. The second-order valence-electron chi connectivity index (χ2n) is 5.30. The molecule has 0 bridgehead atoms. The summed E-state index contributed by atoms with van der Waals surface area (Å²) >= 11 is 0. The van der Waals surface area contributed by atoms with Gasteiger partial charge in [-0.05, 0) is 26.7 Å². The van der Waals surface area contributed by atoms with Crippen LogP contribution in [-0.2, 0) is 16.1 Å². The van der Waals surface area contributed by atoms with Crippen molar-refractivity contribution < 1.29 is 19.6 Å². The van der Waals surface area contributed by atoms with Gasteiger partial charge < -0.3 is 10.4 Å². The molecule has 1 amide bonds. The Morgan fingerprint density at radius 3 is 2.52 bits per heavy atom. The Balaban J connectivity index is 2.30. The number of nitrogens with one attached hydrogen (secondary N) is 1. The number of hydrogen-bond acceptors (Lipinski definition) is 5. The lowest BCUT2D eigenvalue weighted by molar-refractivity contribution is -0.386. The van der Waals surface area contributed by atoms with Gasteiger partial charge in [0.1, 0.15) is 11.4 Å². The number of carbonyl (C=O) groups excluding carboxylic acids is 1. The second kappa shape index (κ2) is 8.86. The summed E-state index contributed by atoms with van der Waals surface area (Å²) in [5, 5.41) is 26.2. The maximum absolute atomic E-state index is 11.7. The minimum atomic E-state index is -0.812. The molecule has 0 atom stereocenters. The highest BCUT2D eigenvalue weighted by molar-refractivity contribution is 5.75. The van der Waals surface area contributed by atoms with Crippen molar-refractivity contribution in [1.82, 2.24) is 15.1 Å². The van der Waals surface area contributed by atoms with Crippen LogP contribution in [0.25, 0.3) is 0 Å². The summed E-state index contributed by atoms with van der Waals surface area (Å²) in [7, 11) is 0. The molecule has 9 heteroatoms. The van der Waals surface area contributed by atoms with Gasteiger partial charge in [-0.2, -0.15) is 5.10 Å².